The van der Waals surface area contributed by atoms with Gasteiger partial charge in [-0.1, -0.05) is 18.2 Å². The van der Waals surface area contributed by atoms with Crippen molar-refractivity contribution in [3.05, 3.63) is 71.9 Å². The Balaban J connectivity index is 1.34. The number of aromatic nitrogens is 1. The summed E-state index contributed by atoms with van der Waals surface area (Å²) < 4.78 is 5.57. The van der Waals surface area contributed by atoms with Crippen molar-refractivity contribution in [2.75, 3.05) is 17.2 Å². The number of rotatable bonds is 7. The van der Waals surface area contributed by atoms with Gasteiger partial charge in [-0.05, 0) is 73.7 Å². The Morgan fingerprint density at radius 1 is 0.938 bits per heavy atom. The van der Waals surface area contributed by atoms with Crippen molar-refractivity contribution in [3.63, 3.8) is 0 Å². The molecule has 32 heavy (non-hydrogen) atoms. The second-order valence-corrected chi connectivity index (χ2v) is 8.29. The number of aryl methyl sites for hydroxylation is 2. The highest BCUT2D eigenvalue weighted by Crippen LogP contribution is 2.46. The number of hydrogen-bond donors (Lipinski definition) is 3. The first-order valence-electron chi connectivity index (χ1n) is 10.4. The lowest BCUT2D eigenvalue weighted by molar-refractivity contribution is -0.144. The quantitative estimate of drug-likeness (QED) is 0.474. The van der Waals surface area contributed by atoms with Crippen LogP contribution in [0.25, 0.3) is 11.1 Å². The third-order valence-electron chi connectivity index (χ3n) is 5.50. The zero-order valence-electron chi connectivity index (χ0n) is 18.0. The van der Waals surface area contributed by atoms with Crippen LogP contribution >= 0.6 is 0 Å². The van der Waals surface area contributed by atoms with Crippen molar-refractivity contribution in [2.45, 2.75) is 26.7 Å². The van der Waals surface area contributed by atoms with Crippen LogP contribution in [0.15, 0.2) is 60.8 Å². The van der Waals surface area contributed by atoms with E-state index in [1.54, 1.807) is 12.3 Å². The molecule has 0 spiro atoms. The van der Waals surface area contributed by atoms with Gasteiger partial charge in [-0.25, -0.2) is 9.78 Å². The molecule has 7 nitrogen and oxygen atoms in total. The third kappa shape index (κ3) is 5.06. The number of ether oxygens (including phenoxy) is 1. The van der Waals surface area contributed by atoms with E-state index in [0.29, 0.717) is 24.4 Å². The molecule has 1 aliphatic carbocycles. The number of hydrogen-bond acceptors (Lipinski definition) is 4. The van der Waals surface area contributed by atoms with E-state index in [1.165, 1.54) is 0 Å². The SMILES string of the molecule is Cc1cc(C)cc(NC(=O)Nc2ccc(-c3ccc(OCC4(C(=O)O)CC4)nc3)cc2)c1. The summed E-state index contributed by atoms with van der Waals surface area (Å²) in [6.07, 6.45) is 2.97. The van der Waals surface area contributed by atoms with E-state index in [2.05, 4.69) is 21.7 Å². The van der Waals surface area contributed by atoms with Gasteiger partial charge < -0.3 is 20.5 Å². The average Bonchev–Trinajstić information content (AvgIpc) is 3.54. The Bertz CT molecular complexity index is 1120. The van der Waals surface area contributed by atoms with Crippen LogP contribution in [0, 0.1) is 19.3 Å². The van der Waals surface area contributed by atoms with Gasteiger partial charge in [0.05, 0.1) is 0 Å². The molecule has 4 rings (SSSR count). The largest absolute Gasteiger partial charge is 0.481 e. The number of anilines is 2. The summed E-state index contributed by atoms with van der Waals surface area (Å²) in [6, 6.07) is 16.6. The normalized spacial score (nSPS) is 13.8. The number of carbonyl (C=O) groups is 2. The molecular weight excluding hydrogens is 406 g/mol. The molecule has 7 heteroatoms. The van der Waals surface area contributed by atoms with E-state index < -0.39 is 11.4 Å². The lowest BCUT2D eigenvalue weighted by Crippen LogP contribution is -2.23. The summed E-state index contributed by atoms with van der Waals surface area (Å²) in [4.78, 5) is 27.8. The van der Waals surface area contributed by atoms with Gasteiger partial charge in [-0.15, -0.1) is 0 Å². The molecule has 0 aliphatic heterocycles. The standard InChI is InChI=1S/C25H25N3O4/c1-16-11-17(2)13-21(12-16)28-24(31)27-20-6-3-18(4-7-20)19-5-8-22(26-14-19)32-15-25(9-10-25)23(29)30/h3-8,11-14H,9-10,15H2,1-2H3,(H,29,30)(H2,27,28,31). The topological polar surface area (TPSA) is 101 Å². The number of nitrogens with one attached hydrogen (secondary N) is 2. The summed E-state index contributed by atoms with van der Waals surface area (Å²) in [5.41, 5.74) is 4.68. The van der Waals surface area contributed by atoms with Crippen molar-refractivity contribution in [2.24, 2.45) is 5.41 Å². The number of carboxylic acids is 1. The van der Waals surface area contributed by atoms with E-state index in [4.69, 9.17) is 4.74 Å². The molecule has 2 amide bonds. The van der Waals surface area contributed by atoms with Crippen molar-refractivity contribution in [3.8, 4) is 17.0 Å². The Kier molecular flexibility index (Phi) is 5.81. The molecule has 3 N–H and O–H groups in total. The highest BCUT2D eigenvalue weighted by molar-refractivity contribution is 6.00. The monoisotopic (exact) mass is 431 g/mol. The van der Waals surface area contributed by atoms with Crippen molar-refractivity contribution in [1.82, 2.24) is 4.98 Å². The summed E-state index contributed by atoms with van der Waals surface area (Å²) in [7, 11) is 0. The molecule has 1 heterocycles. The van der Waals surface area contributed by atoms with Crippen LogP contribution in [0.1, 0.15) is 24.0 Å². The molecular formula is C25H25N3O4. The first-order valence-corrected chi connectivity index (χ1v) is 10.4. The fourth-order valence-electron chi connectivity index (χ4n) is 3.51. The second-order valence-electron chi connectivity index (χ2n) is 8.29. The van der Waals surface area contributed by atoms with E-state index in [9.17, 15) is 14.7 Å². The maximum atomic E-state index is 12.3. The summed E-state index contributed by atoms with van der Waals surface area (Å²) >= 11 is 0. The average molecular weight is 431 g/mol. The van der Waals surface area contributed by atoms with Crippen LogP contribution in [0.2, 0.25) is 0 Å². The maximum absolute atomic E-state index is 12.3. The van der Waals surface area contributed by atoms with Gasteiger partial charge in [-0.3, -0.25) is 4.79 Å². The van der Waals surface area contributed by atoms with Gasteiger partial charge in [0.1, 0.15) is 12.0 Å². The number of aliphatic carboxylic acids is 1. The Morgan fingerprint density at radius 2 is 1.56 bits per heavy atom. The van der Waals surface area contributed by atoms with E-state index in [1.807, 2.05) is 56.3 Å². The van der Waals surface area contributed by atoms with Crippen LogP contribution in [0.4, 0.5) is 16.2 Å². The molecule has 0 atom stereocenters. The Hall–Kier alpha value is -3.87. The highest BCUT2D eigenvalue weighted by Gasteiger charge is 2.51. The summed E-state index contributed by atoms with van der Waals surface area (Å²) in [5, 5.41) is 14.9. The fourth-order valence-corrected chi connectivity index (χ4v) is 3.51. The molecule has 3 aromatic rings. The van der Waals surface area contributed by atoms with Gasteiger partial charge in [0.2, 0.25) is 5.88 Å². The Morgan fingerprint density at radius 3 is 2.12 bits per heavy atom. The molecule has 0 unspecified atom stereocenters. The molecule has 2 aromatic carbocycles. The van der Waals surface area contributed by atoms with Crippen molar-refractivity contribution >= 4 is 23.4 Å². The van der Waals surface area contributed by atoms with Gasteiger partial charge in [0.15, 0.2) is 0 Å². The second kappa shape index (κ2) is 8.70. The molecule has 1 fully saturated rings. The van der Waals surface area contributed by atoms with Gasteiger partial charge in [-0.2, -0.15) is 0 Å². The minimum atomic E-state index is -0.814. The van der Waals surface area contributed by atoms with E-state index in [-0.39, 0.29) is 12.6 Å². The number of urea groups is 1. The zero-order chi connectivity index (χ0) is 22.7. The maximum Gasteiger partial charge on any atom is 0.323 e. The lowest BCUT2D eigenvalue weighted by atomic mass is 10.1. The van der Waals surface area contributed by atoms with E-state index >= 15 is 0 Å². The number of carboxylic acid groups (broad SMARTS) is 1. The molecule has 0 bridgehead atoms. The fraction of sp³-hybridized carbons (Fsp3) is 0.240. The predicted octanol–water partition coefficient (Wildman–Crippen LogP) is 5.25. The third-order valence-corrected chi connectivity index (χ3v) is 5.50. The minimum Gasteiger partial charge on any atom is -0.481 e. The number of pyridine rings is 1. The van der Waals surface area contributed by atoms with Crippen LogP contribution in [-0.2, 0) is 4.79 Å². The van der Waals surface area contributed by atoms with E-state index in [0.717, 1.165) is 27.9 Å². The summed E-state index contributed by atoms with van der Waals surface area (Å²) in [5.74, 6) is -0.409. The predicted molar refractivity (Wildman–Crippen MR) is 123 cm³/mol. The Labute approximate surface area is 186 Å². The smallest absolute Gasteiger partial charge is 0.323 e. The van der Waals surface area contributed by atoms with Crippen molar-refractivity contribution < 1.29 is 19.4 Å². The van der Waals surface area contributed by atoms with Gasteiger partial charge in [0.25, 0.3) is 0 Å². The van der Waals surface area contributed by atoms with Crippen LogP contribution < -0.4 is 15.4 Å². The molecule has 0 radical (unpaired) electrons. The summed E-state index contributed by atoms with van der Waals surface area (Å²) in [6.45, 7) is 4.11. The molecule has 0 saturated heterocycles. The molecule has 1 saturated carbocycles. The first kappa shape index (κ1) is 21.4. The number of nitrogens with zero attached hydrogens (tertiary/aromatic N) is 1. The molecule has 164 valence electrons. The minimum absolute atomic E-state index is 0.138. The zero-order valence-corrected chi connectivity index (χ0v) is 18.0. The highest BCUT2D eigenvalue weighted by atomic mass is 16.5. The first-order chi connectivity index (χ1) is 15.3. The van der Waals surface area contributed by atoms with Crippen LogP contribution in [0.3, 0.4) is 0 Å². The van der Waals surface area contributed by atoms with Gasteiger partial charge in [0, 0.05) is 29.2 Å². The van der Waals surface area contributed by atoms with Crippen molar-refractivity contribution in [1.29, 1.82) is 0 Å². The lowest BCUT2D eigenvalue weighted by Gasteiger charge is -2.11. The van der Waals surface area contributed by atoms with Gasteiger partial charge >= 0.3 is 12.0 Å². The number of carbonyl (C=O) groups excluding carboxylic acids is 1. The number of benzene rings is 2. The molecule has 1 aromatic heterocycles. The number of amides is 2. The van der Waals surface area contributed by atoms with Crippen LogP contribution in [-0.4, -0.2) is 28.7 Å². The molecule has 1 aliphatic rings. The van der Waals surface area contributed by atoms with Crippen LogP contribution in [0.5, 0.6) is 5.88 Å².